The van der Waals surface area contributed by atoms with Crippen molar-refractivity contribution in [3.05, 3.63) is 0 Å². The van der Waals surface area contributed by atoms with Gasteiger partial charge < -0.3 is 19.7 Å². The first-order chi connectivity index (χ1) is 10.0. The Morgan fingerprint density at radius 2 is 1.86 bits per heavy atom. The molecule has 126 valence electrons. The van der Waals surface area contributed by atoms with Crippen LogP contribution in [0, 0.1) is 11.3 Å². The van der Waals surface area contributed by atoms with Gasteiger partial charge in [-0.15, -0.1) is 0 Å². The van der Waals surface area contributed by atoms with E-state index >= 15 is 0 Å². The molecule has 1 aliphatic rings. The van der Waals surface area contributed by atoms with Gasteiger partial charge in [0.2, 0.25) is 0 Å². The van der Waals surface area contributed by atoms with E-state index in [0.717, 1.165) is 45.2 Å². The number of methoxy groups -OCH3 is 2. The van der Waals surface area contributed by atoms with Crippen LogP contribution in [0.1, 0.15) is 40.0 Å². The first kappa shape index (κ1) is 18.9. The summed E-state index contributed by atoms with van der Waals surface area (Å²) in [4.78, 5) is 2.55. The summed E-state index contributed by atoms with van der Waals surface area (Å²) < 4.78 is 10.5. The summed E-state index contributed by atoms with van der Waals surface area (Å²) in [5, 5.41) is 3.73. The predicted molar refractivity (Wildman–Crippen MR) is 88.8 cm³/mol. The van der Waals surface area contributed by atoms with E-state index in [1.165, 1.54) is 19.4 Å². The van der Waals surface area contributed by atoms with Crippen LogP contribution in [-0.4, -0.2) is 64.6 Å². The fraction of sp³-hybridized carbons (Fsp3) is 1.00. The molecule has 2 atom stereocenters. The molecule has 1 aliphatic carbocycles. The Balaban J connectivity index is 2.54. The molecule has 1 saturated carbocycles. The molecule has 1 rings (SSSR count). The van der Waals surface area contributed by atoms with Crippen molar-refractivity contribution >= 4 is 0 Å². The van der Waals surface area contributed by atoms with Crippen molar-refractivity contribution in [3.63, 3.8) is 0 Å². The first-order valence-electron chi connectivity index (χ1n) is 8.48. The van der Waals surface area contributed by atoms with Crippen molar-refractivity contribution in [2.45, 2.75) is 46.1 Å². The molecule has 0 heterocycles. The van der Waals surface area contributed by atoms with Gasteiger partial charge in [-0.1, -0.05) is 20.8 Å². The van der Waals surface area contributed by atoms with E-state index in [9.17, 15) is 0 Å². The molecule has 1 fully saturated rings. The molecule has 2 unspecified atom stereocenters. The summed E-state index contributed by atoms with van der Waals surface area (Å²) >= 11 is 0. The smallest absolute Gasteiger partial charge is 0.0589 e. The van der Waals surface area contributed by atoms with E-state index in [-0.39, 0.29) is 0 Å². The Morgan fingerprint density at radius 1 is 1.14 bits per heavy atom. The third-order valence-electron chi connectivity index (χ3n) is 4.82. The van der Waals surface area contributed by atoms with Crippen LogP contribution >= 0.6 is 0 Å². The Labute approximate surface area is 131 Å². The Hall–Kier alpha value is -0.160. The van der Waals surface area contributed by atoms with Crippen molar-refractivity contribution < 1.29 is 9.47 Å². The van der Waals surface area contributed by atoms with Crippen molar-refractivity contribution in [2.24, 2.45) is 11.3 Å². The lowest BCUT2D eigenvalue weighted by Gasteiger charge is -2.34. The number of hydrogen-bond acceptors (Lipinski definition) is 4. The first-order valence-corrected chi connectivity index (χ1v) is 8.48. The van der Waals surface area contributed by atoms with Gasteiger partial charge in [-0.25, -0.2) is 0 Å². The summed E-state index contributed by atoms with van der Waals surface area (Å²) in [6.07, 6.45) is 3.76. The molecular formula is C17H36N2O2. The van der Waals surface area contributed by atoms with Crippen LogP contribution in [0.5, 0.6) is 0 Å². The van der Waals surface area contributed by atoms with Crippen LogP contribution in [-0.2, 0) is 9.47 Å². The molecule has 0 bridgehead atoms. The molecule has 0 saturated heterocycles. The zero-order chi connectivity index (χ0) is 15.7. The van der Waals surface area contributed by atoms with Crippen LogP contribution in [0.2, 0.25) is 0 Å². The molecule has 1 N–H and O–H groups in total. The second-order valence-corrected chi connectivity index (χ2v) is 6.96. The highest BCUT2D eigenvalue weighted by Crippen LogP contribution is 2.41. The monoisotopic (exact) mass is 300 g/mol. The number of nitrogens with one attached hydrogen (secondary N) is 1. The average molecular weight is 300 g/mol. The van der Waals surface area contributed by atoms with Gasteiger partial charge in [0.1, 0.15) is 0 Å². The third-order valence-corrected chi connectivity index (χ3v) is 4.82. The molecule has 4 heteroatoms. The van der Waals surface area contributed by atoms with Crippen LogP contribution < -0.4 is 5.32 Å². The van der Waals surface area contributed by atoms with Crippen LogP contribution in [0.25, 0.3) is 0 Å². The molecule has 21 heavy (non-hydrogen) atoms. The fourth-order valence-electron chi connectivity index (χ4n) is 3.66. The lowest BCUT2D eigenvalue weighted by atomic mass is 9.84. The highest BCUT2D eigenvalue weighted by atomic mass is 16.5. The molecule has 0 amide bonds. The topological polar surface area (TPSA) is 33.7 Å². The van der Waals surface area contributed by atoms with Crippen molar-refractivity contribution in [3.8, 4) is 0 Å². The van der Waals surface area contributed by atoms with E-state index in [2.05, 4.69) is 31.0 Å². The molecule has 0 aromatic heterocycles. The largest absolute Gasteiger partial charge is 0.385 e. The number of ether oxygens (including phenoxy) is 2. The van der Waals surface area contributed by atoms with Crippen LogP contribution in [0.4, 0.5) is 0 Å². The van der Waals surface area contributed by atoms with Crippen molar-refractivity contribution in [2.75, 3.05) is 53.6 Å². The van der Waals surface area contributed by atoms with Crippen molar-refractivity contribution in [1.29, 1.82) is 0 Å². The fourth-order valence-corrected chi connectivity index (χ4v) is 3.66. The summed E-state index contributed by atoms with van der Waals surface area (Å²) in [7, 11) is 3.56. The van der Waals surface area contributed by atoms with E-state index in [4.69, 9.17) is 9.47 Å². The van der Waals surface area contributed by atoms with E-state index in [0.29, 0.717) is 11.5 Å². The maximum absolute atomic E-state index is 5.27. The van der Waals surface area contributed by atoms with Crippen LogP contribution in [0.15, 0.2) is 0 Å². The third kappa shape index (κ3) is 6.23. The SMILES string of the molecule is CCNC1C(CN(CCCOC)CCOC)CCC1(C)C. The number of nitrogens with zero attached hydrogens (tertiary/aromatic N) is 1. The van der Waals surface area contributed by atoms with Gasteiger partial charge in [-0.05, 0) is 37.1 Å². The Morgan fingerprint density at radius 3 is 2.48 bits per heavy atom. The van der Waals surface area contributed by atoms with Gasteiger partial charge in [0.25, 0.3) is 0 Å². The Kier molecular flexibility index (Phi) is 8.79. The zero-order valence-corrected chi connectivity index (χ0v) is 14.8. The van der Waals surface area contributed by atoms with Gasteiger partial charge in [0.15, 0.2) is 0 Å². The maximum Gasteiger partial charge on any atom is 0.0589 e. The molecular weight excluding hydrogens is 264 g/mol. The van der Waals surface area contributed by atoms with Gasteiger partial charge in [0, 0.05) is 46.5 Å². The van der Waals surface area contributed by atoms with E-state index in [1.807, 2.05) is 0 Å². The lowest BCUT2D eigenvalue weighted by Crippen LogP contribution is -2.46. The minimum Gasteiger partial charge on any atom is -0.385 e. The summed E-state index contributed by atoms with van der Waals surface area (Å²) in [6.45, 7) is 13.1. The number of rotatable bonds is 11. The van der Waals surface area contributed by atoms with Gasteiger partial charge >= 0.3 is 0 Å². The van der Waals surface area contributed by atoms with Gasteiger partial charge in [-0.3, -0.25) is 0 Å². The quantitative estimate of drug-likeness (QED) is 0.594. The molecule has 0 radical (unpaired) electrons. The van der Waals surface area contributed by atoms with Crippen LogP contribution in [0.3, 0.4) is 0 Å². The standard InChI is InChI=1S/C17H36N2O2/c1-6-18-16-15(8-9-17(16,2)3)14-19(11-13-21-5)10-7-12-20-4/h15-16,18H,6-14H2,1-5H3. The predicted octanol–water partition coefficient (Wildman–Crippen LogP) is 2.39. The second-order valence-electron chi connectivity index (χ2n) is 6.96. The minimum atomic E-state index is 0.417. The summed E-state index contributed by atoms with van der Waals surface area (Å²) in [6, 6.07) is 0.634. The molecule has 0 spiro atoms. The Bertz CT molecular complexity index is 272. The average Bonchev–Trinajstić information content (AvgIpc) is 2.72. The second kappa shape index (κ2) is 9.78. The minimum absolute atomic E-state index is 0.417. The van der Waals surface area contributed by atoms with E-state index < -0.39 is 0 Å². The highest BCUT2D eigenvalue weighted by molar-refractivity contribution is 4.97. The van der Waals surface area contributed by atoms with E-state index in [1.54, 1.807) is 14.2 Å². The lowest BCUT2D eigenvalue weighted by molar-refractivity contribution is 0.114. The highest BCUT2D eigenvalue weighted by Gasteiger charge is 2.41. The molecule has 0 aromatic rings. The summed E-state index contributed by atoms with van der Waals surface area (Å²) in [5.74, 6) is 0.749. The van der Waals surface area contributed by atoms with Gasteiger partial charge in [-0.2, -0.15) is 0 Å². The summed E-state index contributed by atoms with van der Waals surface area (Å²) in [5.41, 5.74) is 0.417. The normalized spacial score (nSPS) is 24.9. The molecule has 0 aliphatic heterocycles. The zero-order valence-electron chi connectivity index (χ0n) is 14.8. The molecule has 4 nitrogen and oxygen atoms in total. The number of hydrogen-bond donors (Lipinski definition) is 1. The van der Waals surface area contributed by atoms with Crippen molar-refractivity contribution in [1.82, 2.24) is 10.2 Å². The maximum atomic E-state index is 5.27. The van der Waals surface area contributed by atoms with Gasteiger partial charge in [0.05, 0.1) is 6.61 Å². The molecule has 0 aromatic carbocycles.